The number of carboxylic acid groups (broad SMARTS) is 1. The van der Waals surface area contributed by atoms with Crippen LogP contribution in [-0.2, 0) is 17.6 Å². The van der Waals surface area contributed by atoms with Gasteiger partial charge in [-0.2, -0.15) is 0 Å². The summed E-state index contributed by atoms with van der Waals surface area (Å²) in [5, 5.41) is 9.97. The zero-order chi connectivity index (χ0) is 9.42. The summed E-state index contributed by atoms with van der Waals surface area (Å²) >= 11 is 1.67. The summed E-state index contributed by atoms with van der Waals surface area (Å²) in [7, 11) is 0. The van der Waals surface area contributed by atoms with Crippen LogP contribution >= 0.6 is 11.3 Å². The van der Waals surface area contributed by atoms with Crippen molar-refractivity contribution < 1.29 is 9.90 Å². The molecule has 0 spiro atoms. The van der Waals surface area contributed by atoms with Crippen LogP contribution in [0.3, 0.4) is 0 Å². The van der Waals surface area contributed by atoms with Gasteiger partial charge in [-0.15, -0.1) is 11.3 Å². The van der Waals surface area contributed by atoms with E-state index >= 15 is 0 Å². The Hall–Kier alpha value is -0.900. The second-order valence-electron chi connectivity index (χ2n) is 3.20. The van der Waals surface area contributed by atoms with Crippen LogP contribution in [0.25, 0.3) is 0 Å². The Morgan fingerprint density at radius 2 is 2.54 bits per heavy atom. The number of aromatic nitrogens is 1. The number of carboxylic acids is 1. The van der Waals surface area contributed by atoms with Crippen LogP contribution in [0, 0.1) is 0 Å². The van der Waals surface area contributed by atoms with Gasteiger partial charge in [0.2, 0.25) is 0 Å². The van der Waals surface area contributed by atoms with Crippen LogP contribution in [0.1, 0.15) is 34.8 Å². The van der Waals surface area contributed by atoms with Gasteiger partial charge in [0.15, 0.2) is 0 Å². The third kappa shape index (κ3) is 1.35. The summed E-state index contributed by atoms with van der Waals surface area (Å²) in [6.45, 7) is 2.05. The van der Waals surface area contributed by atoms with Gasteiger partial charge in [-0.05, 0) is 19.3 Å². The Morgan fingerprint density at radius 1 is 1.77 bits per heavy atom. The molecule has 1 atom stereocenters. The van der Waals surface area contributed by atoms with E-state index in [2.05, 4.69) is 4.98 Å². The van der Waals surface area contributed by atoms with E-state index in [4.69, 9.17) is 5.11 Å². The molecular weight excluding hydrogens is 186 g/mol. The molecule has 0 amide bonds. The van der Waals surface area contributed by atoms with E-state index in [1.807, 2.05) is 6.92 Å². The van der Waals surface area contributed by atoms with Crippen LogP contribution in [0.4, 0.5) is 0 Å². The lowest BCUT2D eigenvalue weighted by Crippen LogP contribution is -2.08. The first kappa shape index (κ1) is 8.69. The van der Waals surface area contributed by atoms with Crippen molar-refractivity contribution in [3.05, 3.63) is 15.6 Å². The lowest BCUT2D eigenvalue weighted by atomic mass is 10.1. The largest absolute Gasteiger partial charge is 0.481 e. The second kappa shape index (κ2) is 3.10. The van der Waals surface area contributed by atoms with Crippen molar-refractivity contribution in [2.24, 2.45) is 0 Å². The average Bonchev–Trinajstić information content (AvgIpc) is 2.59. The Kier molecular flexibility index (Phi) is 2.07. The number of thiazole rings is 1. The molecule has 4 heteroatoms. The minimum absolute atomic E-state index is 0.341. The molecule has 0 fully saturated rings. The molecule has 0 saturated carbocycles. The molecule has 13 heavy (non-hydrogen) atoms. The Bertz CT molecular complexity index is 345. The summed E-state index contributed by atoms with van der Waals surface area (Å²) in [6.07, 6.45) is 2.53. The van der Waals surface area contributed by atoms with Gasteiger partial charge in [0.25, 0.3) is 0 Å². The maximum atomic E-state index is 10.8. The SMILES string of the molecule is CCc1nc2c(s1)CCC2C(=O)O. The number of nitrogens with zero attached hydrogens (tertiary/aromatic N) is 1. The van der Waals surface area contributed by atoms with Gasteiger partial charge in [0.1, 0.15) is 5.92 Å². The van der Waals surface area contributed by atoms with Crippen molar-refractivity contribution in [3.8, 4) is 0 Å². The van der Waals surface area contributed by atoms with Gasteiger partial charge < -0.3 is 5.11 Å². The molecule has 1 heterocycles. The molecule has 1 aromatic heterocycles. The third-order valence-electron chi connectivity index (χ3n) is 2.36. The van der Waals surface area contributed by atoms with Crippen LogP contribution in [-0.4, -0.2) is 16.1 Å². The standard InChI is InChI=1S/C9H11NO2S/c1-2-7-10-8-5(9(11)12)3-4-6(8)13-7/h5H,2-4H2,1H3,(H,11,12). The van der Waals surface area contributed by atoms with E-state index in [1.54, 1.807) is 11.3 Å². The van der Waals surface area contributed by atoms with E-state index in [1.165, 1.54) is 4.88 Å². The molecule has 3 nitrogen and oxygen atoms in total. The first-order valence-electron chi connectivity index (χ1n) is 4.43. The number of carbonyl (C=O) groups is 1. The molecule has 1 aliphatic carbocycles. The molecule has 0 aromatic carbocycles. The highest BCUT2D eigenvalue weighted by atomic mass is 32.1. The van der Waals surface area contributed by atoms with E-state index in [-0.39, 0.29) is 5.92 Å². The summed E-state index contributed by atoms with van der Waals surface area (Å²) < 4.78 is 0. The molecule has 1 aliphatic rings. The maximum Gasteiger partial charge on any atom is 0.312 e. The Morgan fingerprint density at radius 3 is 3.15 bits per heavy atom. The first-order chi connectivity index (χ1) is 6.22. The third-order valence-corrected chi connectivity index (χ3v) is 3.64. The van der Waals surface area contributed by atoms with Gasteiger partial charge >= 0.3 is 5.97 Å². The molecular formula is C9H11NO2S. The minimum atomic E-state index is -0.730. The minimum Gasteiger partial charge on any atom is -0.481 e. The Balaban J connectivity index is 2.35. The monoisotopic (exact) mass is 197 g/mol. The molecule has 1 unspecified atom stereocenters. The average molecular weight is 197 g/mol. The highest BCUT2D eigenvalue weighted by Crippen LogP contribution is 2.36. The molecule has 0 radical (unpaired) electrons. The summed E-state index contributed by atoms with van der Waals surface area (Å²) in [5.41, 5.74) is 0.828. The fraction of sp³-hybridized carbons (Fsp3) is 0.556. The van der Waals surface area contributed by atoms with E-state index in [0.717, 1.165) is 30.0 Å². The molecule has 0 bridgehead atoms. The smallest absolute Gasteiger partial charge is 0.312 e. The highest BCUT2D eigenvalue weighted by molar-refractivity contribution is 7.11. The van der Waals surface area contributed by atoms with E-state index < -0.39 is 5.97 Å². The van der Waals surface area contributed by atoms with Crippen LogP contribution in [0.5, 0.6) is 0 Å². The predicted octanol–water partition coefficient (Wildman–Crippen LogP) is 1.82. The van der Waals surface area contributed by atoms with Gasteiger partial charge in [-0.3, -0.25) is 4.79 Å². The van der Waals surface area contributed by atoms with Crippen LogP contribution in [0.15, 0.2) is 0 Å². The number of fused-ring (bicyclic) bond motifs is 1. The van der Waals surface area contributed by atoms with Crippen molar-refractivity contribution >= 4 is 17.3 Å². The van der Waals surface area contributed by atoms with Crippen molar-refractivity contribution in [2.75, 3.05) is 0 Å². The number of hydrogen-bond acceptors (Lipinski definition) is 3. The van der Waals surface area contributed by atoms with Gasteiger partial charge in [0.05, 0.1) is 10.7 Å². The Labute approximate surface area is 80.4 Å². The quantitative estimate of drug-likeness (QED) is 0.786. The lowest BCUT2D eigenvalue weighted by molar-refractivity contribution is -0.138. The molecule has 0 saturated heterocycles. The second-order valence-corrected chi connectivity index (χ2v) is 4.37. The number of aryl methyl sites for hydroxylation is 2. The predicted molar refractivity (Wildman–Crippen MR) is 50.2 cm³/mol. The van der Waals surface area contributed by atoms with Crippen LogP contribution in [0.2, 0.25) is 0 Å². The van der Waals surface area contributed by atoms with Crippen molar-refractivity contribution in [1.82, 2.24) is 4.98 Å². The fourth-order valence-corrected chi connectivity index (χ4v) is 2.75. The van der Waals surface area contributed by atoms with Gasteiger partial charge in [0, 0.05) is 4.88 Å². The fourth-order valence-electron chi connectivity index (χ4n) is 1.67. The maximum absolute atomic E-state index is 10.8. The molecule has 2 rings (SSSR count). The molecule has 0 aliphatic heterocycles. The topological polar surface area (TPSA) is 50.2 Å². The lowest BCUT2D eigenvalue weighted by Gasteiger charge is -2.00. The zero-order valence-corrected chi connectivity index (χ0v) is 8.23. The first-order valence-corrected chi connectivity index (χ1v) is 5.25. The van der Waals surface area contributed by atoms with E-state index in [0.29, 0.717) is 0 Å². The van der Waals surface area contributed by atoms with E-state index in [9.17, 15) is 4.79 Å². The number of hydrogen-bond donors (Lipinski definition) is 1. The number of rotatable bonds is 2. The van der Waals surface area contributed by atoms with Crippen molar-refractivity contribution in [2.45, 2.75) is 32.1 Å². The summed E-state index contributed by atoms with van der Waals surface area (Å²) in [5.74, 6) is -1.07. The molecule has 70 valence electrons. The normalized spacial score (nSPS) is 20.2. The zero-order valence-electron chi connectivity index (χ0n) is 7.41. The van der Waals surface area contributed by atoms with Crippen LogP contribution < -0.4 is 0 Å². The highest BCUT2D eigenvalue weighted by Gasteiger charge is 2.31. The van der Waals surface area contributed by atoms with Crippen molar-refractivity contribution in [1.29, 1.82) is 0 Å². The van der Waals surface area contributed by atoms with Crippen molar-refractivity contribution in [3.63, 3.8) is 0 Å². The molecule has 1 aromatic rings. The summed E-state index contributed by atoms with van der Waals surface area (Å²) in [6, 6.07) is 0. The summed E-state index contributed by atoms with van der Waals surface area (Å²) in [4.78, 5) is 16.4. The molecule has 1 N–H and O–H groups in total. The number of aliphatic carboxylic acids is 1. The van der Waals surface area contributed by atoms with Gasteiger partial charge in [-0.25, -0.2) is 4.98 Å². The van der Waals surface area contributed by atoms with Gasteiger partial charge in [-0.1, -0.05) is 6.92 Å².